The van der Waals surface area contributed by atoms with Gasteiger partial charge in [-0.05, 0) is 38.8 Å². The van der Waals surface area contributed by atoms with Crippen LogP contribution in [0.25, 0.3) is 11.1 Å². The first-order valence-electron chi connectivity index (χ1n) is 9.39. The third kappa shape index (κ3) is 3.54. The third-order valence-electron chi connectivity index (χ3n) is 5.29. The van der Waals surface area contributed by atoms with Gasteiger partial charge in [-0.25, -0.2) is 9.97 Å². The lowest BCUT2D eigenvalue weighted by Crippen LogP contribution is -2.43. The standard InChI is InChI=1S/C20H24N4O3/c1-13-14(2)27-20-17(13)18(22-12-23-20)24-9-3-5-15(11-24)19(25)21-8-7-16-6-4-10-26-16/h4,6,10,12,15H,3,5,7-9,11H2,1-2H3,(H,21,25)/t15-/m1/s1. The van der Waals surface area contributed by atoms with Crippen LogP contribution < -0.4 is 10.2 Å². The summed E-state index contributed by atoms with van der Waals surface area (Å²) >= 11 is 0. The molecule has 1 aliphatic heterocycles. The van der Waals surface area contributed by atoms with Crippen molar-refractivity contribution < 1.29 is 13.6 Å². The number of amides is 1. The number of aromatic nitrogens is 2. The van der Waals surface area contributed by atoms with E-state index in [1.165, 1.54) is 6.33 Å². The van der Waals surface area contributed by atoms with Crippen LogP contribution in [0, 0.1) is 19.8 Å². The van der Waals surface area contributed by atoms with Crippen LogP contribution in [-0.2, 0) is 11.2 Å². The summed E-state index contributed by atoms with van der Waals surface area (Å²) in [5, 5.41) is 3.99. The van der Waals surface area contributed by atoms with E-state index in [0.29, 0.717) is 25.2 Å². The molecule has 27 heavy (non-hydrogen) atoms. The minimum atomic E-state index is -0.0475. The highest BCUT2D eigenvalue weighted by Gasteiger charge is 2.28. The van der Waals surface area contributed by atoms with Crippen molar-refractivity contribution >= 4 is 22.8 Å². The molecule has 3 aromatic rings. The number of nitrogens with one attached hydrogen (secondary N) is 1. The topological polar surface area (TPSA) is 84.4 Å². The Hall–Kier alpha value is -2.83. The molecule has 0 bridgehead atoms. The minimum Gasteiger partial charge on any atom is -0.469 e. The van der Waals surface area contributed by atoms with Crippen LogP contribution in [0.3, 0.4) is 0 Å². The van der Waals surface area contributed by atoms with Gasteiger partial charge in [0.25, 0.3) is 0 Å². The van der Waals surface area contributed by atoms with Crippen LogP contribution in [0.4, 0.5) is 5.82 Å². The van der Waals surface area contributed by atoms with Gasteiger partial charge in [-0.15, -0.1) is 0 Å². The first kappa shape index (κ1) is 17.6. The number of aryl methyl sites for hydroxylation is 2. The highest BCUT2D eigenvalue weighted by molar-refractivity contribution is 5.90. The van der Waals surface area contributed by atoms with E-state index >= 15 is 0 Å². The summed E-state index contributed by atoms with van der Waals surface area (Å²) in [7, 11) is 0. The van der Waals surface area contributed by atoms with Gasteiger partial charge in [0.15, 0.2) is 0 Å². The fraction of sp³-hybridized carbons (Fsp3) is 0.450. The molecule has 0 spiro atoms. The molecule has 1 saturated heterocycles. The van der Waals surface area contributed by atoms with Crippen molar-refractivity contribution in [3.05, 3.63) is 41.8 Å². The summed E-state index contributed by atoms with van der Waals surface area (Å²) in [6, 6.07) is 3.78. The van der Waals surface area contributed by atoms with Crippen LogP contribution >= 0.6 is 0 Å². The molecule has 3 aromatic heterocycles. The predicted octanol–water partition coefficient (Wildman–Crippen LogP) is 3.01. The molecule has 1 fully saturated rings. The number of rotatable bonds is 5. The first-order valence-corrected chi connectivity index (χ1v) is 9.39. The van der Waals surface area contributed by atoms with Crippen LogP contribution in [0.15, 0.2) is 33.6 Å². The molecule has 7 heteroatoms. The summed E-state index contributed by atoms with van der Waals surface area (Å²) in [6.45, 7) is 6.08. The molecule has 1 atom stereocenters. The van der Waals surface area contributed by atoms with Crippen LogP contribution in [0.5, 0.6) is 0 Å². The largest absolute Gasteiger partial charge is 0.469 e. The first-order chi connectivity index (χ1) is 13.1. The normalized spacial score (nSPS) is 17.4. The van der Waals surface area contributed by atoms with E-state index in [1.54, 1.807) is 6.26 Å². The zero-order valence-electron chi connectivity index (χ0n) is 15.7. The second-order valence-electron chi connectivity index (χ2n) is 7.07. The molecule has 1 aliphatic rings. The predicted molar refractivity (Wildman–Crippen MR) is 102 cm³/mol. The van der Waals surface area contributed by atoms with Gasteiger partial charge in [0.2, 0.25) is 11.6 Å². The Morgan fingerprint density at radius 1 is 1.37 bits per heavy atom. The van der Waals surface area contributed by atoms with E-state index in [9.17, 15) is 4.79 Å². The van der Waals surface area contributed by atoms with Gasteiger partial charge in [-0.1, -0.05) is 0 Å². The molecular weight excluding hydrogens is 344 g/mol. The van der Waals surface area contributed by atoms with E-state index in [0.717, 1.165) is 47.7 Å². The van der Waals surface area contributed by atoms with Crippen molar-refractivity contribution in [3.63, 3.8) is 0 Å². The highest BCUT2D eigenvalue weighted by atomic mass is 16.3. The Balaban J connectivity index is 1.44. The number of carbonyl (C=O) groups is 1. The molecule has 1 N–H and O–H groups in total. The third-order valence-corrected chi connectivity index (χ3v) is 5.29. The van der Waals surface area contributed by atoms with Gasteiger partial charge in [0, 0.05) is 31.6 Å². The van der Waals surface area contributed by atoms with Gasteiger partial charge < -0.3 is 19.1 Å². The molecule has 0 saturated carbocycles. The van der Waals surface area contributed by atoms with Crippen molar-refractivity contribution in [1.29, 1.82) is 0 Å². The average molecular weight is 368 g/mol. The number of hydrogen-bond donors (Lipinski definition) is 1. The summed E-state index contributed by atoms with van der Waals surface area (Å²) in [6.07, 6.45) is 5.73. The van der Waals surface area contributed by atoms with Crippen LogP contribution in [0.1, 0.15) is 29.9 Å². The molecule has 0 unspecified atom stereocenters. The van der Waals surface area contributed by atoms with Gasteiger partial charge in [-0.2, -0.15) is 0 Å². The highest BCUT2D eigenvalue weighted by Crippen LogP contribution is 2.32. The van der Waals surface area contributed by atoms with E-state index < -0.39 is 0 Å². The second-order valence-corrected chi connectivity index (χ2v) is 7.07. The molecule has 0 radical (unpaired) electrons. The van der Waals surface area contributed by atoms with Crippen molar-refractivity contribution in [3.8, 4) is 0 Å². The summed E-state index contributed by atoms with van der Waals surface area (Å²) in [5.41, 5.74) is 1.67. The zero-order valence-corrected chi connectivity index (χ0v) is 15.7. The number of carbonyl (C=O) groups excluding carboxylic acids is 1. The number of furan rings is 2. The Bertz CT molecular complexity index is 932. The summed E-state index contributed by atoms with van der Waals surface area (Å²) < 4.78 is 11.0. The number of hydrogen-bond acceptors (Lipinski definition) is 6. The fourth-order valence-corrected chi connectivity index (χ4v) is 3.70. The maximum Gasteiger partial charge on any atom is 0.231 e. The number of nitrogens with zero attached hydrogens (tertiary/aromatic N) is 3. The average Bonchev–Trinajstić information content (AvgIpc) is 3.30. The van der Waals surface area contributed by atoms with Crippen LogP contribution in [-0.4, -0.2) is 35.5 Å². The lowest BCUT2D eigenvalue weighted by Gasteiger charge is -2.33. The van der Waals surface area contributed by atoms with Crippen molar-refractivity contribution in [2.45, 2.75) is 33.1 Å². The Morgan fingerprint density at radius 2 is 2.26 bits per heavy atom. The van der Waals surface area contributed by atoms with Gasteiger partial charge >= 0.3 is 0 Å². The van der Waals surface area contributed by atoms with Gasteiger partial charge in [-0.3, -0.25) is 4.79 Å². The summed E-state index contributed by atoms with van der Waals surface area (Å²) in [4.78, 5) is 23.6. The SMILES string of the molecule is Cc1oc2ncnc(N3CCC[C@@H](C(=O)NCCc4ccco4)C3)c2c1C. The van der Waals surface area contributed by atoms with E-state index in [-0.39, 0.29) is 11.8 Å². The minimum absolute atomic E-state index is 0.0475. The number of anilines is 1. The molecule has 4 rings (SSSR count). The van der Waals surface area contributed by atoms with Crippen LogP contribution in [0.2, 0.25) is 0 Å². The zero-order chi connectivity index (χ0) is 18.8. The monoisotopic (exact) mass is 368 g/mol. The summed E-state index contributed by atoms with van der Waals surface area (Å²) in [5.74, 6) is 2.65. The van der Waals surface area contributed by atoms with Crippen molar-refractivity contribution in [2.75, 3.05) is 24.5 Å². The van der Waals surface area contributed by atoms with E-state index in [2.05, 4.69) is 20.2 Å². The molecule has 0 aromatic carbocycles. The van der Waals surface area contributed by atoms with E-state index in [4.69, 9.17) is 8.83 Å². The second kappa shape index (κ2) is 7.42. The molecule has 0 aliphatic carbocycles. The molecular formula is C20H24N4O3. The molecule has 7 nitrogen and oxygen atoms in total. The van der Waals surface area contributed by atoms with Gasteiger partial charge in [0.1, 0.15) is 23.7 Å². The van der Waals surface area contributed by atoms with E-state index in [1.807, 2.05) is 26.0 Å². The lowest BCUT2D eigenvalue weighted by atomic mass is 9.96. The maximum absolute atomic E-state index is 12.6. The molecule has 4 heterocycles. The number of piperidine rings is 1. The molecule has 1 amide bonds. The Morgan fingerprint density at radius 3 is 3.07 bits per heavy atom. The van der Waals surface area contributed by atoms with Crippen molar-refractivity contribution in [2.24, 2.45) is 5.92 Å². The van der Waals surface area contributed by atoms with Gasteiger partial charge in [0.05, 0.1) is 17.6 Å². The fourth-order valence-electron chi connectivity index (χ4n) is 3.70. The quantitative estimate of drug-likeness (QED) is 0.745. The molecule has 142 valence electrons. The lowest BCUT2D eigenvalue weighted by molar-refractivity contribution is -0.125. The maximum atomic E-state index is 12.6. The Kier molecular flexibility index (Phi) is 4.83. The van der Waals surface area contributed by atoms with Crippen molar-refractivity contribution in [1.82, 2.24) is 15.3 Å². The Labute approximate surface area is 157 Å². The number of fused-ring (bicyclic) bond motifs is 1. The smallest absolute Gasteiger partial charge is 0.231 e.